The Morgan fingerprint density at radius 3 is 2.47 bits per heavy atom. The summed E-state index contributed by atoms with van der Waals surface area (Å²) in [5, 5.41) is 9.49. The van der Waals surface area contributed by atoms with Crippen LogP contribution in [-0.4, -0.2) is 23.2 Å². The molecule has 0 aliphatic rings. The highest BCUT2D eigenvalue weighted by Crippen LogP contribution is 2.42. The van der Waals surface area contributed by atoms with E-state index in [1.165, 1.54) is 15.9 Å². The van der Waals surface area contributed by atoms with Crippen molar-refractivity contribution in [3.05, 3.63) is 88.0 Å². The van der Waals surface area contributed by atoms with Gasteiger partial charge >= 0.3 is 0 Å². The van der Waals surface area contributed by atoms with Crippen molar-refractivity contribution in [1.82, 2.24) is 14.8 Å². The Morgan fingerprint density at radius 1 is 1.08 bits per heavy atom. The summed E-state index contributed by atoms with van der Waals surface area (Å²) in [6.07, 6.45) is 1.71. The second-order valence-electron chi connectivity index (χ2n) is 8.79. The largest absolute Gasteiger partial charge is 0.456 e. The number of sulfonamides is 1. The Bertz CT molecular complexity index is 1860. The van der Waals surface area contributed by atoms with Gasteiger partial charge < -0.3 is 13.7 Å². The Labute approximate surface area is 223 Å². The fourth-order valence-corrected chi connectivity index (χ4v) is 5.73. The summed E-state index contributed by atoms with van der Waals surface area (Å²) in [6, 6.07) is 12.7. The lowest BCUT2D eigenvalue weighted by molar-refractivity contribution is 0.477. The molecule has 0 aliphatic carbocycles. The van der Waals surface area contributed by atoms with Crippen molar-refractivity contribution >= 4 is 37.1 Å². The zero-order valence-electron chi connectivity index (χ0n) is 21.1. The van der Waals surface area contributed by atoms with E-state index in [1.807, 2.05) is 38.1 Å². The monoisotopic (exact) mass is 548 g/mol. The van der Waals surface area contributed by atoms with Gasteiger partial charge in [-0.15, -0.1) is 21.5 Å². The number of fused-ring (bicyclic) bond motifs is 1. The fourth-order valence-electron chi connectivity index (χ4n) is 4.12. The molecule has 11 heteroatoms. The van der Waals surface area contributed by atoms with E-state index in [9.17, 15) is 13.2 Å². The summed E-state index contributed by atoms with van der Waals surface area (Å²) in [4.78, 5) is 13.7. The summed E-state index contributed by atoms with van der Waals surface area (Å²) < 4.78 is 41.0. The van der Waals surface area contributed by atoms with Crippen LogP contribution in [0.4, 0.5) is 5.69 Å². The third kappa shape index (κ3) is 4.73. The molecule has 0 saturated carbocycles. The number of rotatable bonds is 7. The van der Waals surface area contributed by atoms with E-state index in [0.29, 0.717) is 55.1 Å². The van der Waals surface area contributed by atoms with E-state index in [1.54, 1.807) is 38.4 Å². The molecule has 0 bridgehead atoms. The van der Waals surface area contributed by atoms with Crippen LogP contribution in [0.1, 0.15) is 17.0 Å². The zero-order chi connectivity index (χ0) is 27.2. The van der Waals surface area contributed by atoms with E-state index in [0.717, 1.165) is 16.5 Å². The first-order valence-electron chi connectivity index (χ1n) is 11.5. The molecule has 0 radical (unpaired) electrons. The van der Waals surface area contributed by atoms with Gasteiger partial charge in [0.25, 0.3) is 21.5 Å². The maximum Gasteiger partial charge on any atom is 0.268 e. The van der Waals surface area contributed by atoms with Gasteiger partial charge in [-0.1, -0.05) is 24.8 Å². The molecule has 2 aromatic carbocycles. The highest BCUT2D eigenvalue weighted by Gasteiger charge is 2.21. The van der Waals surface area contributed by atoms with Crippen LogP contribution in [0.25, 0.3) is 32.0 Å². The minimum Gasteiger partial charge on any atom is -0.456 e. The lowest BCUT2D eigenvalue weighted by Gasteiger charge is -2.17. The molecule has 3 aromatic heterocycles. The van der Waals surface area contributed by atoms with Gasteiger partial charge in [-0.05, 0) is 49.2 Å². The van der Waals surface area contributed by atoms with Crippen molar-refractivity contribution < 1.29 is 17.6 Å². The number of para-hydroxylation sites is 1. The fraction of sp³-hybridized carbons (Fsp3) is 0.148. The summed E-state index contributed by atoms with van der Waals surface area (Å²) in [7, 11) is -2.09. The van der Waals surface area contributed by atoms with Gasteiger partial charge in [0.1, 0.15) is 16.2 Å². The van der Waals surface area contributed by atoms with Crippen molar-refractivity contribution in [2.24, 2.45) is 7.05 Å². The van der Waals surface area contributed by atoms with Crippen LogP contribution in [0, 0.1) is 20.8 Å². The zero-order valence-corrected chi connectivity index (χ0v) is 22.7. The molecule has 5 rings (SSSR count). The summed E-state index contributed by atoms with van der Waals surface area (Å²) in [5.41, 5.74) is 3.28. The molecule has 0 fully saturated rings. The lowest BCUT2D eigenvalue weighted by atomic mass is 10.0. The minimum atomic E-state index is -3.75. The van der Waals surface area contributed by atoms with E-state index >= 15 is 0 Å². The van der Waals surface area contributed by atoms with Gasteiger partial charge in [0, 0.05) is 47.8 Å². The number of aromatic nitrogens is 3. The highest BCUT2D eigenvalue weighted by atomic mass is 32.2. The molecule has 0 spiro atoms. The standard InChI is InChI=1S/C27H24N4O5S2/c1-6-38(33,34)30-18-10-11-22(36-24-15(2)8-7-9-16(24)3)19(12-18)21-14-31(5)27(32)25-20(21)13-23(37-25)26-29-28-17(4)35-26/h6-14,30H,1H2,2-5H3. The Kier molecular flexibility index (Phi) is 6.41. The van der Waals surface area contributed by atoms with Crippen LogP contribution < -0.4 is 15.0 Å². The molecule has 194 valence electrons. The molecule has 0 aliphatic heterocycles. The van der Waals surface area contributed by atoms with Crippen LogP contribution >= 0.6 is 11.3 Å². The van der Waals surface area contributed by atoms with Crippen LogP contribution in [0.15, 0.2) is 69.9 Å². The van der Waals surface area contributed by atoms with Crippen LogP contribution in [0.2, 0.25) is 0 Å². The molecular weight excluding hydrogens is 524 g/mol. The Morgan fingerprint density at radius 2 is 1.82 bits per heavy atom. The molecule has 38 heavy (non-hydrogen) atoms. The predicted molar refractivity (Wildman–Crippen MR) is 149 cm³/mol. The SMILES string of the molecule is C=CS(=O)(=O)Nc1ccc(Oc2c(C)cccc2C)c(-c2cn(C)c(=O)c3sc(-c4nnc(C)o4)cc23)c1. The van der Waals surface area contributed by atoms with Crippen molar-refractivity contribution in [3.8, 4) is 33.4 Å². The topological polar surface area (TPSA) is 116 Å². The predicted octanol–water partition coefficient (Wildman–Crippen LogP) is 5.92. The first-order chi connectivity index (χ1) is 18.1. The second kappa shape index (κ2) is 9.58. The lowest BCUT2D eigenvalue weighted by Crippen LogP contribution is -2.15. The number of anilines is 1. The number of nitrogens with one attached hydrogen (secondary N) is 1. The number of thiophene rings is 1. The van der Waals surface area contributed by atoms with Gasteiger partial charge in [0.2, 0.25) is 5.89 Å². The normalized spacial score (nSPS) is 11.6. The van der Waals surface area contributed by atoms with Crippen LogP contribution in [-0.2, 0) is 17.1 Å². The first-order valence-corrected chi connectivity index (χ1v) is 13.9. The average molecular weight is 549 g/mol. The smallest absolute Gasteiger partial charge is 0.268 e. The van der Waals surface area contributed by atoms with E-state index < -0.39 is 10.0 Å². The Balaban J connectivity index is 1.76. The van der Waals surface area contributed by atoms with Crippen molar-refractivity contribution in [3.63, 3.8) is 0 Å². The van der Waals surface area contributed by atoms with Crippen molar-refractivity contribution in [2.45, 2.75) is 20.8 Å². The van der Waals surface area contributed by atoms with Gasteiger partial charge in [0.05, 0.1) is 4.88 Å². The first kappa shape index (κ1) is 25.4. The van der Waals surface area contributed by atoms with E-state index in [4.69, 9.17) is 9.15 Å². The van der Waals surface area contributed by atoms with Gasteiger partial charge in [-0.25, -0.2) is 8.42 Å². The number of hydrogen-bond acceptors (Lipinski definition) is 8. The molecule has 1 N–H and O–H groups in total. The quantitative estimate of drug-likeness (QED) is 0.268. The molecule has 0 atom stereocenters. The third-order valence-corrected chi connectivity index (χ3v) is 8.04. The summed E-state index contributed by atoms with van der Waals surface area (Å²) >= 11 is 1.25. The van der Waals surface area contributed by atoms with Crippen molar-refractivity contribution in [1.29, 1.82) is 0 Å². The third-order valence-electron chi connectivity index (χ3n) is 5.97. The van der Waals surface area contributed by atoms with Gasteiger partial charge in [0.15, 0.2) is 0 Å². The van der Waals surface area contributed by atoms with E-state index in [2.05, 4.69) is 21.5 Å². The molecule has 0 unspecified atom stereocenters. The molecular formula is C27H24N4O5S2. The van der Waals surface area contributed by atoms with Gasteiger partial charge in [-0.2, -0.15) is 0 Å². The number of hydrogen-bond donors (Lipinski definition) is 1. The number of ether oxygens (including phenoxy) is 1. The molecule has 0 amide bonds. The number of benzene rings is 2. The van der Waals surface area contributed by atoms with Crippen LogP contribution in [0.5, 0.6) is 11.5 Å². The Hall–Kier alpha value is -4.22. The number of aryl methyl sites for hydroxylation is 4. The molecule has 9 nitrogen and oxygen atoms in total. The van der Waals surface area contributed by atoms with Gasteiger partial charge in [-0.3, -0.25) is 9.52 Å². The average Bonchev–Trinajstić information content (AvgIpc) is 3.51. The summed E-state index contributed by atoms with van der Waals surface area (Å²) in [6.45, 7) is 8.97. The van der Waals surface area contributed by atoms with E-state index in [-0.39, 0.29) is 5.56 Å². The van der Waals surface area contributed by atoms with Crippen LogP contribution in [0.3, 0.4) is 0 Å². The maximum atomic E-state index is 13.1. The molecule has 5 aromatic rings. The summed E-state index contributed by atoms with van der Waals surface area (Å²) in [5.74, 6) is 1.92. The molecule has 3 heterocycles. The highest BCUT2D eigenvalue weighted by molar-refractivity contribution is 7.95. The molecule has 0 saturated heterocycles. The minimum absolute atomic E-state index is 0.183. The number of pyridine rings is 1. The maximum absolute atomic E-state index is 13.1. The van der Waals surface area contributed by atoms with Crippen molar-refractivity contribution in [2.75, 3.05) is 4.72 Å². The number of nitrogens with zero attached hydrogens (tertiary/aromatic N) is 3. The second-order valence-corrected chi connectivity index (χ2v) is 11.5.